The number of amides is 1. The van der Waals surface area contributed by atoms with Gasteiger partial charge in [-0.2, -0.15) is 0 Å². The van der Waals surface area contributed by atoms with Gasteiger partial charge in [0.15, 0.2) is 11.5 Å². The van der Waals surface area contributed by atoms with Crippen LogP contribution in [0.15, 0.2) is 4.99 Å². The van der Waals surface area contributed by atoms with Gasteiger partial charge in [0.25, 0.3) is 5.91 Å². The van der Waals surface area contributed by atoms with Gasteiger partial charge in [-0.1, -0.05) is 0 Å². The maximum absolute atomic E-state index is 11.4. The lowest BCUT2D eigenvalue weighted by Crippen LogP contribution is -2.46. The summed E-state index contributed by atoms with van der Waals surface area (Å²) in [5, 5.41) is 2.49. The van der Waals surface area contributed by atoms with E-state index >= 15 is 0 Å². The SMILES string of the molecule is NC1=NC2(CCCOC2)C(=O)N1. The lowest BCUT2D eigenvalue weighted by Gasteiger charge is -2.27. The summed E-state index contributed by atoms with van der Waals surface area (Å²) in [6.07, 6.45) is 1.60. The molecule has 5 nitrogen and oxygen atoms in total. The van der Waals surface area contributed by atoms with Crippen LogP contribution in [-0.2, 0) is 9.53 Å². The highest BCUT2D eigenvalue weighted by atomic mass is 16.5. The van der Waals surface area contributed by atoms with Crippen LogP contribution in [0, 0.1) is 0 Å². The number of aliphatic imine (C=N–C) groups is 1. The van der Waals surface area contributed by atoms with Crippen LogP contribution in [0.2, 0.25) is 0 Å². The molecule has 0 aliphatic carbocycles. The molecule has 1 unspecified atom stereocenters. The van der Waals surface area contributed by atoms with Crippen molar-refractivity contribution in [2.75, 3.05) is 13.2 Å². The molecule has 3 N–H and O–H groups in total. The zero-order valence-electron chi connectivity index (χ0n) is 6.67. The predicted octanol–water partition coefficient (Wildman–Crippen LogP) is -1.02. The zero-order valence-corrected chi connectivity index (χ0v) is 6.67. The number of nitrogens with one attached hydrogen (secondary N) is 1. The fraction of sp³-hybridized carbons (Fsp3) is 0.714. The molecule has 0 saturated carbocycles. The molecular formula is C7H11N3O2. The van der Waals surface area contributed by atoms with E-state index in [1.165, 1.54) is 0 Å². The van der Waals surface area contributed by atoms with Gasteiger partial charge in [-0.05, 0) is 12.8 Å². The van der Waals surface area contributed by atoms with Crippen LogP contribution in [0.5, 0.6) is 0 Å². The van der Waals surface area contributed by atoms with E-state index in [-0.39, 0.29) is 11.9 Å². The Hall–Kier alpha value is -1.10. The Morgan fingerprint density at radius 2 is 2.50 bits per heavy atom. The molecule has 1 atom stereocenters. The van der Waals surface area contributed by atoms with Crippen molar-refractivity contribution in [3.05, 3.63) is 0 Å². The molecule has 66 valence electrons. The molecular weight excluding hydrogens is 158 g/mol. The Kier molecular flexibility index (Phi) is 1.54. The fourth-order valence-corrected chi connectivity index (χ4v) is 1.59. The van der Waals surface area contributed by atoms with Gasteiger partial charge in [0.1, 0.15) is 0 Å². The average molecular weight is 169 g/mol. The molecule has 1 spiro atoms. The molecule has 12 heavy (non-hydrogen) atoms. The number of ether oxygens (including phenoxy) is 1. The molecule has 0 bridgehead atoms. The van der Waals surface area contributed by atoms with Crippen LogP contribution in [0.1, 0.15) is 12.8 Å². The Morgan fingerprint density at radius 3 is 3.00 bits per heavy atom. The first-order chi connectivity index (χ1) is 5.73. The van der Waals surface area contributed by atoms with Gasteiger partial charge >= 0.3 is 0 Å². The Balaban J connectivity index is 2.23. The number of hydrogen-bond donors (Lipinski definition) is 2. The third kappa shape index (κ3) is 0.972. The summed E-state index contributed by atoms with van der Waals surface area (Å²) in [6, 6.07) is 0. The molecule has 0 aromatic carbocycles. The Morgan fingerprint density at radius 1 is 1.67 bits per heavy atom. The van der Waals surface area contributed by atoms with Gasteiger partial charge < -0.3 is 10.5 Å². The van der Waals surface area contributed by atoms with Crippen molar-refractivity contribution in [1.82, 2.24) is 5.32 Å². The monoisotopic (exact) mass is 169 g/mol. The van der Waals surface area contributed by atoms with Crippen molar-refractivity contribution < 1.29 is 9.53 Å². The lowest BCUT2D eigenvalue weighted by molar-refractivity contribution is -0.128. The Bertz CT molecular complexity index is 243. The maximum atomic E-state index is 11.4. The average Bonchev–Trinajstić information content (AvgIpc) is 2.29. The summed E-state index contributed by atoms with van der Waals surface area (Å²) >= 11 is 0. The van der Waals surface area contributed by atoms with Crippen molar-refractivity contribution in [3.8, 4) is 0 Å². The molecule has 1 fully saturated rings. The lowest BCUT2D eigenvalue weighted by atomic mass is 9.93. The van der Waals surface area contributed by atoms with Gasteiger partial charge in [-0.15, -0.1) is 0 Å². The van der Waals surface area contributed by atoms with Crippen LogP contribution in [-0.4, -0.2) is 30.6 Å². The largest absolute Gasteiger partial charge is 0.378 e. The van der Waals surface area contributed by atoms with Crippen molar-refractivity contribution in [2.24, 2.45) is 10.7 Å². The predicted molar refractivity (Wildman–Crippen MR) is 42.5 cm³/mol. The number of rotatable bonds is 0. The van der Waals surface area contributed by atoms with E-state index in [4.69, 9.17) is 10.5 Å². The number of hydrogen-bond acceptors (Lipinski definition) is 4. The van der Waals surface area contributed by atoms with Crippen molar-refractivity contribution in [1.29, 1.82) is 0 Å². The van der Waals surface area contributed by atoms with Crippen LogP contribution in [0.25, 0.3) is 0 Å². The first-order valence-corrected chi connectivity index (χ1v) is 3.97. The summed E-state index contributed by atoms with van der Waals surface area (Å²) in [5.74, 6) is 0.0881. The minimum absolute atomic E-state index is 0.125. The Labute approximate surface area is 70.0 Å². The van der Waals surface area contributed by atoms with Gasteiger partial charge in [0.2, 0.25) is 0 Å². The van der Waals surface area contributed by atoms with Crippen molar-refractivity contribution in [3.63, 3.8) is 0 Å². The first-order valence-electron chi connectivity index (χ1n) is 3.97. The van der Waals surface area contributed by atoms with Crippen molar-refractivity contribution >= 4 is 11.9 Å². The molecule has 1 amide bonds. The normalized spacial score (nSPS) is 35.0. The van der Waals surface area contributed by atoms with Crippen LogP contribution < -0.4 is 11.1 Å². The van der Waals surface area contributed by atoms with Crippen LogP contribution >= 0.6 is 0 Å². The summed E-state index contributed by atoms with van der Waals surface area (Å²) < 4.78 is 5.20. The number of carbonyl (C=O) groups is 1. The zero-order chi connectivity index (χ0) is 8.60. The van der Waals surface area contributed by atoms with Crippen LogP contribution in [0.4, 0.5) is 0 Å². The number of nitrogens with zero attached hydrogens (tertiary/aromatic N) is 1. The van der Waals surface area contributed by atoms with Crippen molar-refractivity contribution in [2.45, 2.75) is 18.4 Å². The van der Waals surface area contributed by atoms with Gasteiger partial charge in [-0.25, -0.2) is 4.99 Å². The minimum Gasteiger partial charge on any atom is -0.378 e. The second kappa shape index (κ2) is 2.45. The minimum atomic E-state index is -0.706. The molecule has 2 heterocycles. The highest BCUT2D eigenvalue weighted by molar-refractivity contribution is 6.06. The third-order valence-electron chi connectivity index (χ3n) is 2.22. The summed E-state index contributed by atoms with van der Waals surface area (Å²) in [5.41, 5.74) is 4.69. The molecule has 2 rings (SSSR count). The quantitative estimate of drug-likeness (QED) is 0.487. The van der Waals surface area contributed by atoms with E-state index in [0.717, 1.165) is 12.8 Å². The summed E-state index contributed by atoms with van der Waals surface area (Å²) in [6.45, 7) is 1.07. The van der Waals surface area contributed by atoms with Crippen LogP contribution in [0.3, 0.4) is 0 Å². The van der Waals surface area contributed by atoms with Gasteiger partial charge in [-0.3, -0.25) is 10.1 Å². The highest BCUT2D eigenvalue weighted by Gasteiger charge is 2.44. The number of guanidine groups is 1. The smallest absolute Gasteiger partial charge is 0.257 e. The van der Waals surface area contributed by atoms with Gasteiger partial charge in [0, 0.05) is 6.61 Å². The maximum Gasteiger partial charge on any atom is 0.257 e. The molecule has 1 saturated heterocycles. The standard InChI is InChI=1S/C7H11N3O2/c8-6-9-5(11)7(10-6)2-1-3-12-4-7/h1-4H2,(H3,8,9,10,11). The molecule has 5 heteroatoms. The third-order valence-corrected chi connectivity index (χ3v) is 2.22. The fourth-order valence-electron chi connectivity index (χ4n) is 1.59. The summed E-state index contributed by atoms with van der Waals surface area (Å²) in [7, 11) is 0. The molecule has 2 aliphatic rings. The highest BCUT2D eigenvalue weighted by Crippen LogP contribution is 2.26. The molecule has 0 aromatic heterocycles. The van der Waals surface area contributed by atoms with E-state index in [1.54, 1.807) is 0 Å². The van der Waals surface area contributed by atoms with E-state index in [1.807, 2.05) is 0 Å². The molecule has 0 aromatic rings. The van der Waals surface area contributed by atoms with E-state index in [2.05, 4.69) is 10.3 Å². The summed E-state index contributed by atoms with van der Waals surface area (Å²) in [4.78, 5) is 15.4. The molecule has 2 aliphatic heterocycles. The number of nitrogens with two attached hydrogens (primary N) is 1. The second-order valence-corrected chi connectivity index (χ2v) is 3.14. The van der Waals surface area contributed by atoms with E-state index < -0.39 is 5.54 Å². The van der Waals surface area contributed by atoms with Gasteiger partial charge in [0.05, 0.1) is 6.61 Å². The molecule has 0 radical (unpaired) electrons. The van der Waals surface area contributed by atoms with E-state index in [0.29, 0.717) is 13.2 Å². The second-order valence-electron chi connectivity index (χ2n) is 3.14. The topological polar surface area (TPSA) is 76.7 Å². The van der Waals surface area contributed by atoms with E-state index in [9.17, 15) is 4.79 Å². The number of carbonyl (C=O) groups excluding carboxylic acids is 1. The first kappa shape index (κ1) is 7.54.